The van der Waals surface area contributed by atoms with E-state index in [1.54, 1.807) is 0 Å². The molecule has 2 aromatic carbocycles. The third kappa shape index (κ3) is 5.81. The van der Waals surface area contributed by atoms with Crippen molar-refractivity contribution in [1.29, 1.82) is 0 Å². The summed E-state index contributed by atoms with van der Waals surface area (Å²) in [4.78, 5) is 15.5. The smallest absolute Gasteiger partial charge is 0.329 e. The molecule has 0 fully saturated rings. The Morgan fingerprint density at radius 3 is 2.52 bits per heavy atom. The fraction of sp³-hybridized carbons (Fsp3) is 0.360. The Bertz CT molecular complexity index is 1050. The molecular weight excluding hydrogens is 392 g/mol. The van der Waals surface area contributed by atoms with Gasteiger partial charge in [0.1, 0.15) is 19.0 Å². The maximum absolute atomic E-state index is 10.5. The van der Waals surface area contributed by atoms with Gasteiger partial charge < -0.3 is 20.3 Å². The molecule has 3 N–H and O–H groups in total. The summed E-state index contributed by atoms with van der Waals surface area (Å²) >= 11 is 0. The molecule has 0 saturated carbocycles. The lowest BCUT2D eigenvalue weighted by molar-refractivity contribution is -0.142. The lowest BCUT2D eigenvalue weighted by atomic mass is 9.91. The fourth-order valence-electron chi connectivity index (χ4n) is 3.63. The second kappa shape index (κ2) is 10.4. The Balaban J connectivity index is 2.03. The number of carboxylic acids is 1. The van der Waals surface area contributed by atoms with Crippen molar-refractivity contribution >= 4 is 16.9 Å². The molecule has 164 valence electrons. The van der Waals surface area contributed by atoms with Crippen molar-refractivity contribution in [3.63, 3.8) is 0 Å². The number of hydrogen-bond acceptors (Lipinski definition) is 5. The predicted molar refractivity (Wildman–Crippen MR) is 122 cm³/mol. The van der Waals surface area contributed by atoms with Gasteiger partial charge >= 0.3 is 5.97 Å². The van der Waals surface area contributed by atoms with E-state index in [4.69, 9.17) is 25.3 Å². The maximum atomic E-state index is 10.5. The molecular formula is C25H30N2O4. The van der Waals surface area contributed by atoms with E-state index in [-0.39, 0.29) is 19.8 Å². The summed E-state index contributed by atoms with van der Waals surface area (Å²) < 4.78 is 10.8. The highest BCUT2D eigenvalue weighted by Gasteiger charge is 2.17. The monoisotopic (exact) mass is 422 g/mol. The summed E-state index contributed by atoms with van der Waals surface area (Å²) in [6.07, 6.45) is 0.862. The van der Waals surface area contributed by atoms with Crippen molar-refractivity contribution in [2.45, 2.75) is 33.7 Å². The molecule has 31 heavy (non-hydrogen) atoms. The van der Waals surface area contributed by atoms with Crippen LogP contribution in [0.4, 0.5) is 0 Å². The Kier molecular flexibility index (Phi) is 7.60. The summed E-state index contributed by atoms with van der Waals surface area (Å²) in [6, 6.07) is 14.3. The number of aromatic nitrogens is 1. The van der Waals surface area contributed by atoms with Gasteiger partial charge in [-0.25, -0.2) is 4.79 Å². The lowest BCUT2D eigenvalue weighted by Crippen LogP contribution is -2.12. The van der Waals surface area contributed by atoms with Crippen LogP contribution in [0.2, 0.25) is 0 Å². The highest BCUT2D eigenvalue weighted by Crippen LogP contribution is 2.35. The van der Waals surface area contributed by atoms with Gasteiger partial charge in [0.2, 0.25) is 0 Å². The van der Waals surface area contributed by atoms with Crippen molar-refractivity contribution < 1.29 is 19.4 Å². The molecule has 0 aliphatic carbocycles. The van der Waals surface area contributed by atoms with E-state index in [0.717, 1.165) is 39.7 Å². The first-order valence-corrected chi connectivity index (χ1v) is 10.5. The second-order valence-corrected chi connectivity index (χ2v) is 8.05. The summed E-state index contributed by atoms with van der Waals surface area (Å²) in [6.45, 7) is 6.97. The zero-order chi connectivity index (χ0) is 22.4. The molecule has 0 bridgehead atoms. The predicted octanol–water partition coefficient (Wildman–Crippen LogP) is 4.35. The topological polar surface area (TPSA) is 94.7 Å². The third-order valence-corrected chi connectivity index (χ3v) is 5.01. The van der Waals surface area contributed by atoms with Crippen molar-refractivity contribution in [3.05, 3.63) is 59.3 Å². The molecule has 0 spiro atoms. The third-order valence-electron chi connectivity index (χ3n) is 5.01. The number of nitrogens with two attached hydrogens (primary N) is 1. The number of aryl methyl sites for hydroxylation is 1. The number of ether oxygens (including phenoxy) is 2. The van der Waals surface area contributed by atoms with E-state index in [0.29, 0.717) is 18.2 Å². The standard InChI is InChI=1S/C25H30N2O4/c1-16(2)12-23-21(14-26)25(18-6-4-17(3)5-7-18)20-13-19(8-9-22(20)27-23)31-11-10-30-15-24(28)29/h4-9,13,16H,10-12,14-15,26H2,1-3H3,(H,28,29). The minimum atomic E-state index is -0.994. The zero-order valence-electron chi connectivity index (χ0n) is 18.4. The zero-order valence-corrected chi connectivity index (χ0v) is 18.4. The summed E-state index contributed by atoms with van der Waals surface area (Å²) in [5.41, 5.74) is 12.6. The Hall–Kier alpha value is -2.96. The molecule has 0 aliphatic heterocycles. The normalized spacial score (nSPS) is 11.3. The van der Waals surface area contributed by atoms with Gasteiger partial charge in [-0.1, -0.05) is 43.7 Å². The van der Waals surface area contributed by atoms with E-state index in [9.17, 15) is 4.79 Å². The number of fused-ring (bicyclic) bond motifs is 1. The van der Waals surface area contributed by atoms with Gasteiger partial charge in [-0.05, 0) is 54.2 Å². The average molecular weight is 423 g/mol. The van der Waals surface area contributed by atoms with E-state index in [1.807, 2.05) is 18.2 Å². The van der Waals surface area contributed by atoms with Gasteiger partial charge in [0.15, 0.2) is 0 Å². The molecule has 3 rings (SSSR count). The average Bonchev–Trinajstić information content (AvgIpc) is 2.72. The molecule has 3 aromatic rings. The number of rotatable bonds is 10. The van der Waals surface area contributed by atoms with Crippen LogP contribution in [0, 0.1) is 12.8 Å². The Morgan fingerprint density at radius 2 is 1.87 bits per heavy atom. The van der Waals surface area contributed by atoms with Crippen LogP contribution in [0.5, 0.6) is 5.75 Å². The van der Waals surface area contributed by atoms with E-state index in [2.05, 4.69) is 45.0 Å². The number of pyridine rings is 1. The van der Waals surface area contributed by atoms with Crippen molar-refractivity contribution in [3.8, 4) is 16.9 Å². The highest BCUT2D eigenvalue weighted by molar-refractivity contribution is 5.97. The van der Waals surface area contributed by atoms with Crippen LogP contribution in [0.25, 0.3) is 22.0 Å². The van der Waals surface area contributed by atoms with E-state index < -0.39 is 5.97 Å². The fourth-order valence-corrected chi connectivity index (χ4v) is 3.63. The van der Waals surface area contributed by atoms with Crippen molar-refractivity contribution in [1.82, 2.24) is 4.98 Å². The number of aliphatic carboxylic acids is 1. The first-order valence-electron chi connectivity index (χ1n) is 10.5. The lowest BCUT2D eigenvalue weighted by Gasteiger charge is -2.18. The molecule has 1 aromatic heterocycles. The summed E-state index contributed by atoms with van der Waals surface area (Å²) in [5.74, 6) is 0.154. The number of carboxylic acid groups (broad SMARTS) is 1. The molecule has 6 nitrogen and oxygen atoms in total. The molecule has 6 heteroatoms. The van der Waals surface area contributed by atoms with Gasteiger partial charge in [0.05, 0.1) is 12.1 Å². The minimum Gasteiger partial charge on any atom is -0.491 e. The van der Waals surface area contributed by atoms with E-state index >= 15 is 0 Å². The number of carbonyl (C=O) groups is 1. The van der Waals surface area contributed by atoms with Crippen LogP contribution in [0.3, 0.4) is 0 Å². The van der Waals surface area contributed by atoms with Crippen LogP contribution in [0.1, 0.15) is 30.7 Å². The molecule has 0 unspecified atom stereocenters. The number of hydrogen-bond donors (Lipinski definition) is 2. The van der Waals surface area contributed by atoms with Gasteiger partial charge in [0.25, 0.3) is 0 Å². The largest absolute Gasteiger partial charge is 0.491 e. The van der Waals surface area contributed by atoms with Crippen LogP contribution in [-0.2, 0) is 22.5 Å². The van der Waals surface area contributed by atoms with Crippen LogP contribution < -0.4 is 10.5 Å². The van der Waals surface area contributed by atoms with Crippen molar-refractivity contribution in [2.24, 2.45) is 11.7 Å². The van der Waals surface area contributed by atoms with E-state index in [1.165, 1.54) is 5.56 Å². The number of benzene rings is 2. The van der Waals surface area contributed by atoms with Crippen molar-refractivity contribution in [2.75, 3.05) is 19.8 Å². The maximum Gasteiger partial charge on any atom is 0.329 e. The molecule has 1 heterocycles. The molecule has 0 aliphatic rings. The SMILES string of the molecule is Cc1ccc(-c2c(CN)c(CC(C)C)nc3ccc(OCCOCC(=O)O)cc23)cc1. The van der Waals surface area contributed by atoms with Gasteiger partial charge in [-0.15, -0.1) is 0 Å². The van der Waals surface area contributed by atoms with Crippen LogP contribution >= 0.6 is 0 Å². The first kappa shape index (κ1) is 22.7. The molecule has 0 radical (unpaired) electrons. The minimum absolute atomic E-state index is 0.203. The quantitative estimate of drug-likeness (QED) is 0.472. The van der Waals surface area contributed by atoms with Crippen LogP contribution in [0.15, 0.2) is 42.5 Å². The van der Waals surface area contributed by atoms with Gasteiger partial charge in [-0.2, -0.15) is 0 Å². The summed E-state index contributed by atoms with van der Waals surface area (Å²) in [7, 11) is 0. The second-order valence-electron chi connectivity index (χ2n) is 8.05. The Labute approximate surface area is 183 Å². The molecule has 0 atom stereocenters. The molecule has 0 saturated heterocycles. The van der Waals surface area contributed by atoms with Gasteiger partial charge in [-0.3, -0.25) is 4.98 Å². The number of nitrogens with zero attached hydrogens (tertiary/aromatic N) is 1. The van der Waals surface area contributed by atoms with Crippen LogP contribution in [-0.4, -0.2) is 35.9 Å². The first-order chi connectivity index (χ1) is 14.9. The summed E-state index contributed by atoms with van der Waals surface area (Å²) in [5, 5.41) is 9.63. The molecule has 0 amide bonds. The highest BCUT2D eigenvalue weighted by atomic mass is 16.5. The van der Waals surface area contributed by atoms with Gasteiger partial charge in [0, 0.05) is 17.6 Å². The Morgan fingerprint density at radius 1 is 1.13 bits per heavy atom.